The number of hydrogen-bond acceptors (Lipinski definition) is 5. The van der Waals surface area contributed by atoms with E-state index in [2.05, 4.69) is 25.6 Å². The molecule has 118 valence electrons. The number of nitrogens with one attached hydrogen (secondary N) is 2. The van der Waals surface area contributed by atoms with Gasteiger partial charge in [-0.1, -0.05) is 6.07 Å². The number of hydrogen-bond donors (Lipinski definition) is 2. The number of piperidine rings is 1. The van der Waals surface area contributed by atoms with Gasteiger partial charge in [0.25, 0.3) is 0 Å². The Morgan fingerprint density at radius 2 is 2.22 bits per heavy atom. The van der Waals surface area contributed by atoms with Gasteiger partial charge >= 0.3 is 0 Å². The molecule has 3 aromatic rings. The predicted octanol–water partition coefficient (Wildman–Crippen LogP) is 1.90. The maximum absolute atomic E-state index is 14.0. The molecule has 3 aromatic heterocycles. The van der Waals surface area contributed by atoms with E-state index in [1.807, 2.05) is 28.8 Å². The molecule has 0 aromatic carbocycles. The van der Waals surface area contributed by atoms with Crippen molar-refractivity contribution >= 4 is 11.5 Å². The van der Waals surface area contributed by atoms with Gasteiger partial charge in [0.2, 0.25) is 0 Å². The van der Waals surface area contributed by atoms with Crippen molar-refractivity contribution < 1.29 is 4.39 Å². The van der Waals surface area contributed by atoms with Gasteiger partial charge in [0, 0.05) is 12.7 Å². The molecule has 23 heavy (non-hydrogen) atoms. The fourth-order valence-corrected chi connectivity index (χ4v) is 2.84. The first-order chi connectivity index (χ1) is 11.3. The Balaban J connectivity index is 1.63. The zero-order chi connectivity index (χ0) is 15.6. The second-order valence-electron chi connectivity index (χ2n) is 5.62. The molecule has 0 saturated carbocycles. The summed E-state index contributed by atoms with van der Waals surface area (Å²) in [6, 6.07) is 5.53. The smallest absolute Gasteiger partial charge is 0.145 e. The van der Waals surface area contributed by atoms with Gasteiger partial charge in [-0.2, -0.15) is 0 Å². The molecule has 4 heterocycles. The van der Waals surface area contributed by atoms with Crippen LogP contribution in [0.2, 0.25) is 0 Å². The minimum Gasteiger partial charge on any atom is -0.362 e. The number of pyridine rings is 1. The van der Waals surface area contributed by atoms with Crippen LogP contribution in [0.3, 0.4) is 0 Å². The Morgan fingerprint density at radius 1 is 1.26 bits per heavy atom. The van der Waals surface area contributed by atoms with E-state index in [4.69, 9.17) is 0 Å². The first kappa shape index (κ1) is 14.1. The molecule has 0 unspecified atom stereocenters. The summed E-state index contributed by atoms with van der Waals surface area (Å²) >= 11 is 0. The highest BCUT2D eigenvalue weighted by molar-refractivity contribution is 5.60. The third-order valence-corrected chi connectivity index (χ3v) is 4.05. The average Bonchev–Trinajstić information content (AvgIpc) is 3.01. The highest BCUT2D eigenvalue weighted by atomic mass is 19.1. The fraction of sp³-hybridized carbons (Fsp3) is 0.312. The molecule has 4 rings (SSSR count). The Morgan fingerprint density at radius 3 is 3.13 bits per heavy atom. The van der Waals surface area contributed by atoms with Crippen LogP contribution in [0.15, 0.2) is 43.0 Å². The van der Waals surface area contributed by atoms with Crippen molar-refractivity contribution in [2.45, 2.75) is 18.6 Å². The summed E-state index contributed by atoms with van der Waals surface area (Å²) in [7, 11) is 0. The van der Waals surface area contributed by atoms with Crippen LogP contribution in [0, 0.1) is 0 Å². The van der Waals surface area contributed by atoms with Crippen LogP contribution in [-0.4, -0.2) is 44.7 Å². The number of rotatable bonds is 3. The highest BCUT2D eigenvalue weighted by Crippen LogP contribution is 2.20. The Hall–Kier alpha value is -2.54. The number of aromatic nitrogens is 4. The van der Waals surface area contributed by atoms with Crippen LogP contribution in [-0.2, 0) is 0 Å². The second-order valence-corrected chi connectivity index (χ2v) is 5.62. The van der Waals surface area contributed by atoms with Crippen LogP contribution in [0.4, 0.5) is 10.2 Å². The number of halogens is 1. The van der Waals surface area contributed by atoms with Gasteiger partial charge in [-0.05, 0) is 25.1 Å². The molecule has 6 nitrogen and oxygen atoms in total. The molecule has 0 aliphatic carbocycles. The quantitative estimate of drug-likeness (QED) is 0.773. The number of alkyl halides is 1. The van der Waals surface area contributed by atoms with E-state index < -0.39 is 6.17 Å². The van der Waals surface area contributed by atoms with Crippen LogP contribution in [0.1, 0.15) is 6.42 Å². The van der Waals surface area contributed by atoms with E-state index in [1.54, 1.807) is 18.6 Å². The van der Waals surface area contributed by atoms with Crippen molar-refractivity contribution in [2.75, 3.05) is 18.4 Å². The number of nitrogens with zero attached hydrogens (tertiary/aromatic N) is 4. The van der Waals surface area contributed by atoms with Crippen molar-refractivity contribution in [3.63, 3.8) is 0 Å². The van der Waals surface area contributed by atoms with E-state index in [-0.39, 0.29) is 6.04 Å². The normalized spacial score (nSPS) is 21.4. The Bertz CT molecular complexity index is 817. The molecule has 7 heteroatoms. The lowest BCUT2D eigenvalue weighted by molar-refractivity contribution is 0.241. The molecular formula is C16H17FN6. The van der Waals surface area contributed by atoms with Gasteiger partial charge in [0.1, 0.15) is 23.3 Å². The summed E-state index contributed by atoms with van der Waals surface area (Å²) in [6.07, 6.45) is 6.64. The molecule has 2 atom stereocenters. The van der Waals surface area contributed by atoms with Gasteiger partial charge in [0.05, 0.1) is 30.3 Å². The fourth-order valence-electron chi connectivity index (χ4n) is 2.84. The molecule has 1 aliphatic heterocycles. The summed E-state index contributed by atoms with van der Waals surface area (Å²) in [5.41, 5.74) is 2.41. The molecule has 0 bridgehead atoms. The van der Waals surface area contributed by atoms with Crippen LogP contribution < -0.4 is 10.6 Å². The SMILES string of the molecule is F[C@@H]1CCNC[C@H]1Nc1cncc(-c2cnc3ccccn23)n1. The summed E-state index contributed by atoms with van der Waals surface area (Å²) in [6.45, 7) is 1.30. The molecule has 0 amide bonds. The van der Waals surface area contributed by atoms with Crippen LogP contribution >= 0.6 is 0 Å². The topological polar surface area (TPSA) is 67.1 Å². The van der Waals surface area contributed by atoms with E-state index >= 15 is 0 Å². The highest BCUT2D eigenvalue weighted by Gasteiger charge is 2.24. The van der Waals surface area contributed by atoms with E-state index in [0.717, 1.165) is 11.3 Å². The van der Waals surface area contributed by atoms with Gasteiger partial charge in [-0.15, -0.1) is 0 Å². The standard InChI is InChI=1S/C16H17FN6/c17-11-4-5-18-7-12(11)21-15-10-19-8-13(22-15)14-9-20-16-3-1-2-6-23(14)16/h1-3,6,8-12,18H,4-5,7H2,(H,21,22)/t11-,12-/m1/s1. The minimum absolute atomic E-state index is 0.282. The zero-order valence-electron chi connectivity index (χ0n) is 12.5. The maximum atomic E-state index is 14.0. The average molecular weight is 312 g/mol. The van der Waals surface area contributed by atoms with Crippen LogP contribution in [0.25, 0.3) is 17.0 Å². The third-order valence-electron chi connectivity index (χ3n) is 4.05. The van der Waals surface area contributed by atoms with Gasteiger partial charge < -0.3 is 10.6 Å². The predicted molar refractivity (Wildman–Crippen MR) is 86.0 cm³/mol. The van der Waals surface area contributed by atoms with Crippen molar-refractivity contribution in [2.24, 2.45) is 0 Å². The lowest BCUT2D eigenvalue weighted by Crippen LogP contribution is -2.46. The lowest BCUT2D eigenvalue weighted by Gasteiger charge is -2.27. The van der Waals surface area contributed by atoms with E-state index in [0.29, 0.717) is 31.0 Å². The van der Waals surface area contributed by atoms with Gasteiger partial charge in [-0.25, -0.2) is 14.4 Å². The Kier molecular flexibility index (Phi) is 3.63. The number of fused-ring (bicyclic) bond motifs is 1. The van der Waals surface area contributed by atoms with Gasteiger partial charge in [0.15, 0.2) is 0 Å². The van der Waals surface area contributed by atoms with Crippen molar-refractivity contribution in [3.05, 3.63) is 43.0 Å². The van der Waals surface area contributed by atoms with Crippen LogP contribution in [0.5, 0.6) is 0 Å². The first-order valence-electron chi connectivity index (χ1n) is 7.67. The van der Waals surface area contributed by atoms with Crippen molar-refractivity contribution in [1.82, 2.24) is 24.7 Å². The summed E-state index contributed by atoms with van der Waals surface area (Å²) in [5, 5.41) is 6.33. The maximum Gasteiger partial charge on any atom is 0.145 e. The Labute approximate surface area is 132 Å². The largest absolute Gasteiger partial charge is 0.362 e. The minimum atomic E-state index is -0.877. The summed E-state index contributed by atoms with van der Waals surface area (Å²) in [5.74, 6) is 0.574. The summed E-state index contributed by atoms with van der Waals surface area (Å²) in [4.78, 5) is 13.2. The third kappa shape index (κ3) is 2.75. The second kappa shape index (κ2) is 5.92. The van der Waals surface area contributed by atoms with Gasteiger partial charge in [-0.3, -0.25) is 9.38 Å². The van der Waals surface area contributed by atoms with Crippen molar-refractivity contribution in [3.8, 4) is 11.4 Å². The first-order valence-corrected chi connectivity index (χ1v) is 7.67. The number of imidazole rings is 1. The van der Waals surface area contributed by atoms with E-state index in [1.165, 1.54) is 0 Å². The monoisotopic (exact) mass is 312 g/mol. The molecular weight excluding hydrogens is 295 g/mol. The molecule has 0 radical (unpaired) electrons. The summed E-state index contributed by atoms with van der Waals surface area (Å²) < 4.78 is 15.9. The number of anilines is 1. The molecule has 1 fully saturated rings. The zero-order valence-corrected chi connectivity index (χ0v) is 12.5. The van der Waals surface area contributed by atoms with E-state index in [9.17, 15) is 4.39 Å². The van der Waals surface area contributed by atoms with Crippen molar-refractivity contribution in [1.29, 1.82) is 0 Å². The molecule has 0 spiro atoms. The lowest BCUT2D eigenvalue weighted by atomic mass is 10.1. The molecule has 1 aliphatic rings. The molecule has 1 saturated heterocycles. The molecule has 2 N–H and O–H groups in total.